The first-order valence-corrected chi connectivity index (χ1v) is 7.27. The summed E-state index contributed by atoms with van der Waals surface area (Å²) in [6.07, 6.45) is -1.31. The molecular formula is C15H19F3N2O2. The van der Waals surface area contributed by atoms with E-state index in [0.29, 0.717) is 13.0 Å². The Morgan fingerprint density at radius 3 is 2.82 bits per heavy atom. The van der Waals surface area contributed by atoms with E-state index in [4.69, 9.17) is 5.11 Å². The van der Waals surface area contributed by atoms with Crippen LogP contribution in [0.15, 0.2) is 24.3 Å². The minimum atomic E-state index is -4.44. The summed E-state index contributed by atoms with van der Waals surface area (Å²) in [6.45, 7) is 0.535. The van der Waals surface area contributed by atoms with Gasteiger partial charge in [-0.15, -0.1) is 0 Å². The number of likely N-dealkylation sites (tertiary alicyclic amines) is 1. The topological polar surface area (TPSA) is 52.6 Å². The van der Waals surface area contributed by atoms with Crippen molar-refractivity contribution in [1.82, 2.24) is 4.90 Å². The van der Waals surface area contributed by atoms with Crippen molar-refractivity contribution in [2.75, 3.05) is 18.5 Å². The zero-order chi connectivity index (χ0) is 16.2. The number of urea groups is 1. The third kappa shape index (κ3) is 4.13. The summed E-state index contributed by atoms with van der Waals surface area (Å²) >= 11 is 0. The molecule has 1 aromatic rings. The van der Waals surface area contributed by atoms with Crippen molar-refractivity contribution in [2.24, 2.45) is 0 Å². The summed E-state index contributed by atoms with van der Waals surface area (Å²) in [5, 5.41) is 11.6. The Balaban J connectivity index is 2.07. The third-order valence-corrected chi connectivity index (χ3v) is 3.79. The third-order valence-electron chi connectivity index (χ3n) is 3.79. The Bertz CT molecular complexity index is 518. The van der Waals surface area contributed by atoms with Crippen LogP contribution in [0, 0.1) is 0 Å². The molecule has 1 heterocycles. The van der Waals surface area contributed by atoms with Gasteiger partial charge in [0.1, 0.15) is 0 Å². The van der Waals surface area contributed by atoms with Gasteiger partial charge in [-0.25, -0.2) is 4.79 Å². The summed E-state index contributed by atoms with van der Waals surface area (Å²) in [5.41, 5.74) is -0.677. The molecule has 7 heteroatoms. The fourth-order valence-electron chi connectivity index (χ4n) is 2.69. The Hall–Kier alpha value is -1.76. The molecule has 2 amide bonds. The molecule has 1 aliphatic rings. The van der Waals surface area contributed by atoms with Gasteiger partial charge in [0, 0.05) is 24.9 Å². The Morgan fingerprint density at radius 2 is 2.14 bits per heavy atom. The Labute approximate surface area is 126 Å². The van der Waals surface area contributed by atoms with Crippen molar-refractivity contribution >= 4 is 11.7 Å². The van der Waals surface area contributed by atoms with E-state index in [9.17, 15) is 18.0 Å². The molecule has 0 aliphatic carbocycles. The van der Waals surface area contributed by atoms with Gasteiger partial charge in [-0.2, -0.15) is 13.2 Å². The summed E-state index contributed by atoms with van der Waals surface area (Å²) in [4.78, 5) is 13.9. The van der Waals surface area contributed by atoms with Gasteiger partial charge in [0.05, 0.1) is 5.56 Å². The molecule has 1 aromatic carbocycles. The number of piperidine rings is 1. The van der Waals surface area contributed by atoms with Crippen LogP contribution in [0.25, 0.3) is 0 Å². The summed E-state index contributed by atoms with van der Waals surface area (Å²) < 4.78 is 38.0. The second kappa shape index (κ2) is 7.00. The average Bonchev–Trinajstić information content (AvgIpc) is 2.47. The molecule has 1 saturated heterocycles. The molecule has 0 aromatic heterocycles. The highest BCUT2D eigenvalue weighted by Crippen LogP contribution is 2.31. The second-order valence-electron chi connectivity index (χ2n) is 5.36. The second-order valence-corrected chi connectivity index (χ2v) is 5.36. The number of alkyl halides is 3. The van der Waals surface area contributed by atoms with Gasteiger partial charge >= 0.3 is 12.2 Å². The number of hydrogen-bond acceptors (Lipinski definition) is 2. The molecule has 4 nitrogen and oxygen atoms in total. The highest BCUT2D eigenvalue weighted by atomic mass is 19.4. The van der Waals surface area contributed by atoms with Crippen molar-refractivity contribution in [2.45, 2.75) is 37.9 Å². The first-order valence-electron chi connectivity index (χ1n) is 7.27. The van der Waals surface area contributed by atoms with Crippen molar-refractivity contribution in [3.63, 3.8) is 0 Å². The number of halogens is 3. The standard InChI is InChI=1S/C15H19F3N2O2/c16-15(17,18)11-4-3-5-12(10-11)19-14(22)20-8-2-1-6-13(20)7-9-21/h3-5,10,13,21H,1-2,6-9H2,(H,19,22)/t13-/m1/s1. The smallest absolute Gasteiger partial charge is 0.396 e. The molecule has 0 unspecified atom stereocenters. The van der Waals surface area contributed by atoms with Crippen LogP contribution in [0.3, 0.4) is 0 Å². The minimum absolute atomic E-state index is 0.0159. The summed E-state index contributed by atoms with van der Waals surface area (Å²) in [5.74, 6) is 0. The monoisotopic (exact) mass is 316 g/mol. The van der Waals surface area contributed by atoms with Crippen LogP contribution >= 0.6 is 0 Å². The van der Waals surface area contributed by atoms with Gasteiger partial charge in [0.25, 0.3) is 0 Å². The lowest BCUT2D eigenvalue weighted by molar-refractivity contribution is -0.137. The first kappa shape index (κ1) is 16.6. The van der Waals surface area contributed by atoms with Crippen LogP contribution in [0.1, 0.15) is 31.2 Å². The first-order chi connectivity index (χ1) is 10.4. The highest BCUT2D eigenvalue weighted by Gasteiger charge is 2.31. The van der Waals surface area contributed by atoms with Crippen molar-refractivity contribution in [3.8, 4) is 0 Å². The van der Waals surface area contributed by atoms with E-state index in [1.54, 1.807) is 4.90 Å². The van der Waals surface area contributed by atoms with E-state index >= 15 is 0 Å². The van der Waals surface area contributed by atoms with Gasteiger partial charge in [-0.1, -0.05) is 6.07 Å². The molecule has 0 bridgehead atoms. The fraction of sp³-hybridized carbons (Fsp3) is 0.533. The Kier molecular flexibility index (Phi) is 5.28. The van der Waals surface area contributed by atoms with Gasteiger partial charge < -0.3 is 15.3 Å². The van der Waals surface area contributed by atoms with Crippen molar-refractivity contribution < 1.29 is 23.1 Å². The number of benzene rings is 1. The molecule has 0 spiro atoms. The van der Waals surface area contributed by atoms with E-state index in [1.807, 2.05) is 0 Å². The molecule has 122 valence electrons. The molecule has 1 aliphatic heterocycles. The summed E-state index contributed by atoms with van der Waals surface area (Å²) in [6, 6.07) is 4.09. The number of anilines is 1. The number of aliphatic hydroxyl groups is 1. The minimum Gasteiger partial charge on any atom is -0.396 e. The number of aliphatic hydroxyl groups excluding tert-OH is 1. The molecule has 0 saturated carbocycles. The predicted molar refractivity (Wildman–Crippen MR) is 76.5 cm³/mol. The van der Waals surface area contributed by atoms with E-state index in [2.05, 4.69) is 5.32 Å². The number of carbonyl (C=O) groups excluding carboxylic acids is 1. The lowest BCUT2D eigenvalue weighted by Crippen LogP contribution is -2.46. The molecule has 2 rings (SSSR count). The molecule has 0 radical (unpaired) electrons. The number of rotatable bonds is 3. The molecule has 22 heavy (non-hydrogen) atoms. The average molecular weight is 316 g/mol. The number of nitrogens with zero attached hydrogens (tertiary/aromatic N) is 1. The number of amides is 2. The van der Waals surface area contributed by atoms with E-state index in [0.717, 1.165) is 31.4 Å². The zero-order valence-corrected chi connectivity index (χ0v) is 12.1. The predicted octanol–water partition coefficient (Wildman–Crippen LogP) is 3.47. The number of carbonyl (C=O) groups is 1. The van der Waals surface area contributed by atoms with Crippen LogP contribution in [0.4, 0.5) is 23.7 Å². The number of nitrogens with one attached hydrogen (secondary N) is 1. The summed E-state index contributed by atoms with van der Waals surface area (Å²) in [7, 11) is 0. The quantitative estimate of drug-likeness (QED) is 0.897. The van der Waals surface area contributed by atoms with Gasteiger partial charge in [-0.3, -0.25) is 0 Å². The zero-order valence-electron chi connectivity index (χ0n) is 12.1. The van der Waals surface area contributed by atoms with E-state index in [1.165, 1.54) is 12.1 Å². The maximum Gasteiger partial charge on any atom is 0.416 e. The van der Waals surface area contributed by atoms with Crippen LogP contribution < -0.4 is 5.32 Å². The van der Waals surface area contributed by atoms with Crippen LogP contribution in [0.2, 0.25) is 0 Å². The van der Waals surface area contributed by atoms with E-state index in [-0.39, 0.29) is 18.3 Å². The largest absolute Gasteiger partial charge is 0.416 e. The molecule has 1 atom stereocenters. The maximum absolute atomic E-state index is 12.7. The lowest BCUT2D eigenvalue weighted by Gasteiger charge is -2.35. The van der Waals surface area contributed by atoms with Crippen LogP contribution in [0.5, 0.6) is 0 Å². The van der Waals surface area contributed by atoms with E-state index < -0.39 is 17.8 Å². The molecule has 1 fully saturated rings. The van der Waals surface area contributed by atoms with Crippen LogP contribution in [-0.4, -0.2) is 35.2 Å². The lowest BCUT2D eigenvalue weighted by atomic mass is 10.0. The molecule has 2 N–H and O–H groups in total. The Morgan fingerprint density at radius 1 is 1.36 bits per heavy atom. The van der Waals surface area contributed by atoms with Gasteiger partial charge in [0.2, 0.25) is 0 Å². The number of hydrogen-bond donors (Lipinski definition) is 2. The van der Waals surface area contributed by atoms with Crippen LogP contribution in [-0.2, 0) is 6.18 Å². The van der Waals surface area contributed by atoms with Gasteiger partial charge in [-0.05, 0) is 43.9 Å². The molecular weight excluding hydrogens is 297 g/mol. The normalized spacial score (nSPS) is 19.1. The van der Waals surface area contributed by atoms with Crippen molar-refractivity contribution in [1.29, 1.82) is 0 Å². The highest BCUT2D eigenvalue weighted by molar-refractivity contribution is 5.89. The maximum atomic E-state index is 12.7. The SMILES string of the molecule is O=C(Nc1cccc(C(F)(F)F)c1)N1CCCC[C@@H]1CCO. The fourth-order valence-corrected chi connectivity index (χ4v) is 2.69. The van der Waals surface area contributed by atoms with Crippen molar-refractivity contribution in [3.05, 3.63) is 29.8 Å². The van der Waals surface area contributed by atoms with Gasteiger partial charge in [0.15, 0.2) is 0 Å².